The lowest BCUT2D eigenvalue weighted by Crippen LogP contribution is -2.42. The van der Waals surface area contributed by atoms with Gasteiger partial charge in [0.1, 0.15) is 0 Å². The zero-order valence-electron chi connectivity index (χ0n) is 17.3. The van der Waals surface area contributed by atoms with E-state index >= 15 is 0 Å². The second-order valence-electron chi connectivity index (χ2n) is 9.24. The Balaban J connectivity index is 1.43. The molecular weight excluding hydrogens is 354 g/mol. The number of allylic oxidation sites excluding steroid dienone is 4. The Hall–Kier alpha value is -1.43. The molecule has 0 aromatic heterocycles. The van der Waals surface area contributed by atoms with Gasteiger partial charge in [-0.3, -0.25) is 9.63 Å². The second-order valence-corrected chi connectivity index (χ2v) is 9.24. The number of likely N-dealkylation sites (N-methyl/N-ethyl adjacent to an activating group) is 1. The van der Waals surface area contributed by atoms with E-state index < -0.39 is 0 Å². The van der Waals surface area contributed by atoms with Gasteiger partial charge in [0.15, 0.2) is 5.79 Å². The van der Waals surface area contributed by atoms with Gasteiger partial charge < -0.3 is 9.47 Å². The quantitative estimate of drug-likeness (QED) is 0.676. The minimum absolute atomic E-state index is 0.00945. The number of nitrogens with zero attached hydrogens (tertiary/aromatic N) is 1. The van der Waals surface area contributed by atoms with Crippen LogP contribution in [0, 0.1) is 17.3 Å². The minimum atomic E-state index is -0.339. The fourth-order valence-electron chi connectivity index (χ4n) is 6.46. The molecule has 1 saturated heterocycles. The van der Waals surface area contributed by atoms with Crippen LogP contribution >= 0.6 is 0 Å². The van der Waals surface area contributed by atoms with Crippen molar-refractivity contribution < 1.29 is 19.1 Å². The third-order valence-corrected chi connectivity index (χ3v) is 8.02. The smallest absolute Gasteiger partial charge is 0.273 e. The highest BCUT2D eigenvalue weighted by atomic mass is 16.7. The molecule has 0 aromatic rings. The Morgan fingerprint density at radius 1 is 1.25 bits per heavy atom. The maximum atomic E-state index is 12.8. The van der Waals surface area contributed by atoms with Gasteiger partial charge in [-0.15, -0.1) is 0 Å². The number of ether oxygens (including phenoxy) is 2. The van der Waals surface area contributed by atoms with E-state index in [0.717, 1.165) is 57.3 Å². The Kier molecular flexibility index (Phi) is 4.34. The summed E-state index contributed by atoms with van der Waals surface area (Å²) in [6.45, 7) is 3.74. The van der Waals surface area contributed by atoms with Crippen LogP contribution in [0.5, 0.6) is 0 Å². The number of hydrogen-bond acceptors (Lipinski definition) is 4. The maximum absolute atomic E-state index is 12.8. The van der Waals surface area contributed by atoms with Crippen molar-refractivity contribution in [3.63, 3.8) is 0 Å². The summed E-state index contributed by atoms with van der Waals surface area (Å²) in [7, 11) is 3.25. The average Bonchev–Trinajstić information content (AvgIpc) is 3.30. The first-order valence-electron chi connectivity index (χ1n) is 10.7. The van der Waals surface area contributed by atoms with E-state index in [1.807, 2.05) is 0 Å². The summed E-state index contributed by atoms with van der Waals surface area (Å²) >= 11 is 0. The summed E-state index contributed by atoms with van der Waals surface area (Å²) in [6, 6.07) is 0. The van der Waals surface area contributed by atoms with Gasteiger partial charge in [-0.1, -0.05) is 24.6 Å². The van der Waals surface area contributed by atoms with Crippen molar-refractivity contribution in [1.29, 1.82) is 0 Å². The number of carbonyl (C=O) groups excluding carboxylic acids is 1. The van der Waals surface area contributed by atoms with Crippen molar-refractivity contribution in [2.24, 2.45) is 17.3 Å². The Labute approximate surface area is 167 Å². The van der Waals surface area contributed by atoms with E-state index in [2.05, 4.69) is 19.1 Å². The first-order valence-corrected chi connectivity index (χ1v) is 10.7. The van der Waals surface area contributed by atoms with E-state index in [1.165, 1.54) is 11.5 Å². The van der Waals surface area contributed by atoms with E-state index in [1.54, 1.807) is 30.9 Å². The van der Waals surface area contributed by atoms with Crippen molar-refractivity contribution in [3.05, 3.63) is 34.4 Å². The summed E-state index contributed by atoms with van der Waals surface area (Å²) in [5.41, 5.74) is 5.56. The fourth-order valence-corrected chi connectivity index (χ4v) is 6.46. The van der Waals surface area contributed by atoms with Crippen LogP contribution in [0.4, 0.5) is 0 Å². The minimum Gasteiger partial charge on any atom is -0.347 e. The molecule has 5 aliphatic rings. The number of fused-ring (bicyclic) bond motifs is 4. The van der Waals surface area contributed by atoms with Crippen LogP contribution in [0.1, 0.15) is 51.9 Å². The third kappa shape index (κ3) is 2.59. The highest BCUT2D eigenvalue weighted by Gasteiger charge is 2.52. The molecule has 1 spiro atoms. The molecule has 5 nitrogen and oxygen atoms in total. The molecule has 0 radical (unpaired) electrons. The molecule has 28 heavy (non-hydrogen) atoms. The van der Waals surface area contributed by atoms with Crippen LogP contribution < -0.4 is 0 Å². The average molecular weight is 386 g/mol. The monoisotopic (exact) mass is 385 g/mol. The normalized spacial score (nSPS) is 35.8. The van der Waals surface area contributed by atoms with Crippen molar-refractivity contribution in [3.8, 4) is 0 Å². The number of hydroxylamine groups is 2. The van der Waals surface area contributed by atoms with Crippen LogP contribution in [0.25, 0.3) is 0 Å². The molecule has 1 amide bonds. The lowest BCUT2D eigenvalue weighted by atomic mass is 9.57. The Morgan fingerprint density at radius 2 is 2.04 bits per heavy atom. The molecule has 1 aliphatic heterocycles. The van der Waals surface area contributed by atoms with Crippen molar-refractivity contribution in [1.82, 2.24) is 5.06 Å². The van der Waals surface area contributed by atoms with Gasteiger partial charge in [-0.25, -0.2) is 5.06 Å². The molecule has 0 N–H and O–H groups in total. The van der Waals surface area contributed by atoms with Gasteiger partial charge in [0, 0.05) is 30.9 Å². The number of amides is 1. The van der Waals surface area contributed by atoms with E-state index in [-0.39, 0.29) is 17.1 Å². The zero-order chi connectivity index (χ0) is 19.5. The van der Waals surface area contributed by atoms with Gasteiger partial charge in [0.2, 0.25) is 0 Å². The summed E-state index contributed by atoms with van der Waals surface area (Å²) in [5.74, 6) is 0.747. The van der Waals surface area contributed by atoms with E-state index in [0.29, 0.717) is 11.8 Å². The standard InChI is InChI=1S/C23H31NO4/c1-22-10-8-17-16-9-11-23(27-12-13-28-23)14-15(16)4-5-18(17)19(22)6-7-20(22)21(25)24(2)26-3/h7-8,18-19H,4-6,9-14H2,1-3H3/t18-,19+,22+/m1/s1. The van der Waals surface area contributed by atoms with Crippen molar-refractivity contribution in [2.45, 2.75) is 57.7 Å². The fraction of sp³-hybridized carbons (Fsp3) is 0.696. The van der Waals surface area contributed by atoms with Gasteiger partial charge in [-0.05, 0) is 55.1 Å². The van der Waals surface area contributed by atoms with Gasteiger partial charge in [0.05, 0.1) is 20.3 Å². The molecule has 0 aromatic carbocycles. The summed E-state index contributed by atoms with van der Waals surface area (Å²) in [4.78, 5) is 18.0. The van der Waals surface area contributed by atoms with Crippen LogP contribution in [0.2, 0.25) is 0 Å². The lowest BCUT2D eigenvalue weighted by Gasteiger charge is -2.48. The molecule has 5 rings (SSSR count). The molecule has 0 bridgehead atoms. The molecule has 0 saturated carbocycles. The summed E-state index contributed by atoms with van der Waals surface area (Å²) in [6.07, 6.45) is 11.8. The number of rotatable bonds is 2. The SMILES string of the molecule is CON(C)C(=O)C1=CC[C@H]2[C@@H]3CCC4=C(CCC5(C4)OCCO5)C3=CC[C@]12C. The van der Waals surface area contributed by atoms with Gasteiger partial charge in [0.25, 0.3) is 5.91 Å². The Bertz CT molecular complexity index is 788. The molecular formula is C23H31NO4. The first-order chi connectivity index (χ1) is 13.5. The van der Waals surface area contributed by atoms with Crippen LogP contribution in [0.15, 0.2) is 34.4 Å². The van der Waals surface area contributed by atoms with Crippen LogP contribution in [-0.4, -0.2) is 44.1 Å². The zero-order valence-corrected chi connectivity index (χ0v) is 17.3. The van der Waals surface area contributed by atoms with E-state index in [9.17, 15) is 4.79 Å². The highest BCUT2D eigenvalue weighted by molar-refractivity contribution is 5.94. The molecule has 5 heteroatoms. The van der Waals surface area contributed by atoms with Crippen LogP contribution in [0.3, 0.4) is 0 Å². The molecule has 152 valence electrons. The number of carbonyl (C=O) groups is 1. The topological polar surface area (TPSA) is 48.0 Å². The highest BCUT2D eigenvalue weighted by Crippen LogP contribution is 2.60. The Morgan fingerprint density at radius 3 is 2.79 bits per heavy atom. The molecule has 0 unspecified atom stereocenters. The molecule has 1 fully saturated rings. The number of hydrogen-bond donors (Lipinski definition) is 0. The largest absolute Gasteiger partial charge is 0.347 e. The van der Waals surface area contributed by atoms with Crippen molar-refractivity contribution in [2.75, 3.05) is 27.4 Å². The predicted octanol–water partition coefficient (Wildman–Crippen LogP) is 3.92. The molecule has 4 aliphatic carbocycles. The first kappa shape index (κ1) is 18.6. The van der Waals surface area contributed by atoms with E-state index in [4.69, 9.17) is 14.3 Å². The van der Waals surface area contributed by atoms with Gasteiger partial charge >= 0.3 is 0 Å². The summed E-state index contributed by atoms with van der Waals surface area (Å²) < 4.78 is 12.0. The summed E-state index contributed by atoms with van der Waals surface area (Å²) in [5, 5.41) is 1.36. The molecule has 3 atom stereocenters. The second kappa shape index (κ2) is 6.54. The predicted molar refractivity (Wildman–Crippen MR) is 105 cm³/mol. The van der Waals surface area contributed by atoms with Crippen molar-refractivity contribution >= 4 is 5.91 Å². The van der Waals surface area contributed by atoms with Crippen LogP contribution in [-0.2, 0) is 19.1 Å². The maximum Gasteiger partial charge on any atom is 0.273 e. The lowest BCUT2D eigenvalue weighted by molar-refractivity contribution is -0.165. The van der Waals surface area contributed by atoms with Gasteiger partial charge in [-0.2, -0.15) is 0 Å². The third-order valence-electron chi connectivity index (χ3n) is 8.02. The molecule has 1 heterocycles.